The maximum absolute atomic E-state index is 12.6. The van der Waals surface area contributed by atoms with Crippen LogP contribution in [0.4, 0.5) is 0 Å². The fourth-order valence-corrected chi connectivity index (χ4v) is 3.85. The summed E-state index contributed by atoms with van der Waals surface area (Å²) >= 11 is 5.98. The van der Waals surface area contributed by atoms with Crippen molar-refractivity contribution in [3.8, 4) is 11.4 Å². The third kappa shape index (κ3) is 4.25. The molecule has 0 aliphatic rings. The number of halogens is 1. The van der Waals surface area contributed by atoms with Gasteiger partial charge in [-0.15, -0.1) is 14.4 Å². The number of hydrogen-bond acceptors (Lipinski definition) is 5. The van der Waals surface area contributed by atoms with Crippen LogP contribution in [0.15, 0.2) is 71.8 Å². The lowest BCUT2D eigenvalue weighted by atomic mass is 10.2. The highest BCUT2D eigenvalue weighted by Crippen LogP contribution is 2.22. The predicted molar refractivity (Wildman–Crippen MR) is 114 cm³/mol. The number of benzene rings is 2. The Balaban J connectivity index is 1.59. The number of sulfone groups is 1. The summed E-state index contributed by atoms with van der Waals surface area (Å²) in [5.74, 6) is 0.262. The van der Waals surface area contributed by atoms with Crippen molar-refractivity contribution in [1.82, 2.24) is 19.9 Å². The number of aromatic nitrogens is 3. The van der Waals surface area contributed by atoms with Crippen LogP contribution >= 0.6 is 11.6 Å². The molecule has 0 aliphatic carbocycles. The van der Waals surface area contributed by atoms with E-state index in [0.717, 1.165) is 11.8 Å². The number of pyridine rings is 1. The molecule has 4 rings (SSSR count). The number of amides is 1. The van der Waals surface area contributed by atoms with Crippen molar-refractivity contribution in [2.24, 2.45) is 0 Å². The van der Waals surface area contributed by atoms with Gasteiger partial charge in [-0.05, 0) is 54.1 Å². The zero-order valence-electron chi connectivity index (χ0n) is 15.9. The van der Waals surface area contributed by atoms with E-state index in [4.69, 9.17) is 11.6 Å². The summed E-state index contributed by atoms with van der Waals surface area (Å²) in [7, 11) is -3.28. The number of nitrogens with one attached hydrogen (secondary N) is 1. The monoisotopic (exact) mass is 440 g/mol. The van der Waals surface area contributed by atoms with Gasteiger partial charge in [-0.3, -0.25) is 9.20 Å². The fraction of sp³-hybridized carbons (Fsp3) is 0.0952. The molecule has 1 N–H and O–H groups in total. The number of nitrogens with zero attached hydrogens (tertiary/aromatic N) is 3. The van der Waals surface area contributed by atoms with Crippen LogP contribution in [-0.4, -0.2) is 31.3 Å². The zero-order valence-corrected chi connectivity index (χ0v) is 17.5. The Kier molecular flexibility index (Phi) is 5.38. The van der Waals surface area contributed by atoms with Crippen LogP contribution in [0.3, 0.4) is 0 Å². The quantitative estimate of drug-likeness (QED) is 0.478. The predicted octanol–water partition coefficient (Wildman–Crippen LogP) is 3.60. The first-order chi connectivity index (χ1) is 14.3. The topological polar surface area (TPSA) is 99.4 Å². The van der Waals surface area contributed by atoms with Gasteiger partial charge in [-0.2, -0.15) is 0 Å². The van der Waals surface area contributed by atoms with Crippen LogP contribution in [-0.2, 0) is 21.0 Å². The fourth-order valence-electron chi connectivity index (χ4n) is 3.00. The highest BCUT2D eigenvalue weighted by molar-refractivity contribution is 7.97. The van der Waals surface area contributed by atoms with Crippen molar-refractivity contribution >= 4 is 33.4 Å². The van der Waals surface area contributed by atoms with Crippen molar-refractivity contribution in [2.75, 3.05) is 6.26 Å². The smallest absolute Gasteiger partial charge is 0.253 e. The molecule has 7 nitrogen and oxygen atoms in total. The molecule has 2 aromatic heterocycles. The highest BCUT2D eigenvalue weighted by atomic mass is 35.5. The SMILES string of the molecule is C[S+](=O)([O-])c1ccc(-c2nnc3ccc(C(=O)NCc4cccc(Cl)c4)cn23)cc1. The largest absolute Gasteiger partial charge is 0.610 e. The van der Waals surface area contributed by atoms with Gasteiger partial charge in [-0.25, -0.2) is 0 Å². The molecule has 0 saturated heterocycles. The normalized spacial score (nSPS) is 13.2. The second kappa shape index (κ2) is 7.98. The van der Waals surface area contributed by atoms with E-state index >= 15 is 0 Å². The molecule has 0 fully saturated rings. The summed E-state index contributed by atoms with van der Waals surface area (Å²) in [5.41, 5.74) is 2.60. The van der Waals surface area contributed by atoms with Gasteiger partial charge in [-0.1, -0.05) is 23.7 Å². The number of fused-ring (bicyclic) bond motifs is 1. The molecule has 1 amide bonds. The van der Waals surface area contributed by atoms with Gasteiger partial charge in [0.25, 0.3) is 5.91 Å². The molecule has 0 saturated carbocycles. The maximum atomic E-state index is 12.6. The Hall–Kier alpha value is -3.07. The number of carbonyl (C=O) groups is 1. The zero-order chi connectivity index (χ0) is 21.3. The van der Waals surface area contributed by atoms with E-state index in [-0.39, 0.29) is 10.8 Å². The molecule has 4 aromatic rings. The molecule has 0 radical (unpaired) electrons. The van der Waals surface area contributed by atoms with Crippen molar-refractivity contribution in [3.63, 3.8) is 0 Å². The molecule has 152 valence electrons. The van der Waals surface area contributed by atoms with Crippen LogP contribution in [0, 0.1) is 0 Å². The minimum atomic E-state index is -3.28. The van der Waals surface area contributed by atoms with E-state index in [9.17, 15) is 13.6 Å². The van der Waals surface area contributed by atoms with Crippen LogP contribution in [0.1, 0.15) is 15.9 Å². The molecule has 1 unspecified atom stereocenters. The Morgan fingerprint density at radius 2 is 1.90 bits per heavy atom. The standard InChI is InChI=1S/C21H17ClN4O3S/c1-30(28,29)18-8-5-15(6-9-18)20-25-24-19-10-7-16(13-26(19)20)21(27)23-12-14-3-2-4-17(22)11-14/h2-11,13H,12H2,1H3,(H-,23,27,28,29). The van der Waals surface area contributed by atoms with Crippen molar-refractivity contribution in [3.05, 3.63) is 83.0 Å². The summed E-state index contributed by atoms with van der Waals surface area (Å²) in [6.45, 7) is 0.347. The first-order valence-electron chi connectivity index (χ1n) is 8.99. The van der Waals surface area contributed by atoms with Gasteiger partial charge in [0.05, 0.1) is 15.8 Å². The molecule has 0 spiro atoms. The molecular weight excluding hydrogens is 424 g/mol. The molecule has 2 aromatic carbocycles. The van der Waals surface area contributed by atoms with Crippen molar-refractivity contribution in [2.45, 2.75) is 11.4 Å². The van der Waals surface area contributed by atoms with Crippen molar-refractivity contribution < 1.29 is 13.6 Å². The van der Waals surface area contributed by atoms with E-state index in [2.05, 4.69) is 15.5 Å². The Bertz CT molecular complexity index is 1280. The lowest BCUT2D eigenvalue weighted by molar-refractivity contribution is 0.0950. The Morgan fingerprint density at radius 3 is 2.60 bits per heavy atom. The van der Waals surface area contributed by atoms with Crippen LogP contribution < -0.4 is 5.32 Å². The Morgan fingerprint density at radius 1 is 1.13 bits per heavy atom. The van der Waals surface area contributed by atoms with Gasteiger partial charge >= 0.3 is 0 Å². The molecular formula is C21H17ClN4O3S. The second-order valence-electron chi connectivity index (χ2n) is 6.78. The average molecular weight is 441 g/mol. The highest BCUT2D eigenvalue weighted by Gasteiger charge is 2.15. The van der Waals surface area contributed by atoms with Crippen LogP contribution in [0.5, 0.6) is 0 Å². The van der Waals surface area contributed by atoms with E-state index in [1.54, 1.807) is 47.0 Å². The summed E-state index contributed by atoms with van der Waals surface area (Å²) in [6.07, 6.45) is 2.81. The molecule has 1 atom stereocenters. The molecule has 30 heavy (non-hydrogen) atoms. The van der Waals surface area contributed by atoms with E-state index in [0.29, 0.717) is 34.2 Å². The molecule has 2 heterocycles. The van der Waals surface area contributed by atoms with Gasteiger partial charge in [0.15, 0.2) is 16.4 Å². The minimum Gasteiger partial charge on any atom is -0.610 e. The van der Waals surface area contributed by atoms with E-state index < -0.39 is 10.2 Å². The molecule has 0 aliphatic heterocycles. The van der Waals surface area contributed by atoms with Crippen LogP contribution in [0.2, 0.25) is 5.02 Å². The van der Waals surface area contributed by atoms with Gasteiger partial charge < -0.3 is 9.87 Å². The van der Waals surface area contributed by atoms with Gasteiger partial charge in [0.2, 0.25) is 0 Å². The lowest BCUT2D eigenvalue weighted by Crippen LogP contribution is -2.23. The summed E-state index contributed by atoms with van der Waals surface area (Å²) in [5, 5.41) is 11.8. The maximum Gasteiger partial charge on any atom is 0.253 e. The van der Waals surface area contributed by atoms with E-state index in [1.807, 2.05) is 12.1 Å². The van der Waals surface area contributed by atoms with Gasteiger partial charge in [0.1, 0.15) is 6.26 Å². The average Bonchev–Trinajstić information content (AvgIpc) is 3.15. The minimum absolute atomic E-state index is 0.223. The van der Waals surface area contributed by atoms with Crippen LogP contribution in [0.25, 0.3) is 17.0 Å². The summed E-state index contributed by atoms with van der Waals surface area (Å²) in [6, 6.07) is 17.0. The molecule has 9 heteroatoms. The number of rotatable bonds is 5. The first kappa shape index (κ1) is 20.2. The van der Waals surface area contributed by atoms with Crippen molar-refractivity contribution in [1.29, 1.82) is 0 Å². The lowest BCUT2D eigenvalue weighted by Gasteiger charge is -2.09. The summed E-state index contributed by atoms with van der Waals surface area (Å²) < 4.78 is 25.0. The third-order valence-corrected chi connectivity index (χ3v) is 5.91. The van der Waals surface area contributed by atoms with Gasteiger partial charge in [0, 0.05) is 23.3 Å². The molecule has 0 bridgehead atoms. The number of hydrogen-bond donors (Lipinski definition) is 1. The van der Waals surface area contributed by atoms with E-state index in [1.165, 1.54) is 12.1 Å². The Labute approximate surface area is 179 Å². The second-order valence-corrected chi connectivity index (χ2v) is 9.23. The third-order valence-electron chi connectivity index (χ3n) is 4.55. The number of carbonyl (C=O) groups excluding carboxylic acids is 1. The first-order valence-corrected chi connectivity index (χ1v) is 11.3. The summed E-state index contributed by atoms with van der Waals surface area (Å²) in [4.78, 5) is 12.8.